The molecule has 2 rings (SSSR count). The molecule has 2 aromatic rings. The Morgan fingerprint density at radius 1 is 1.08 bits per heavy atom. The lowest BCUT2D eigenvalue weighted by molar-refractivity contribution is -0.125. The maximum absolute atomic E-state index is 12.4. The van der Waals surface area contributed by atoms with Crippen LogP contribution in [0.3, 0.4) is 0 Å². The third-order valence-corrected chi connectivity index (χ3v) is 4.08. The van der Waals surface area contributed by atoms with Crippen LogP contribution in [0.5, 0.6) is 0 Å². The molecule has 0 aliphatic heterocycles. The van der Waals surface area contributed by atoms with Crippen molar-refractivity contribution in [2.75, 3.05) is 13.6 Å². The van der Waals surface area contributed by atoms with Gasteiger partial charge in [-0.15, -0.1) is 12.4 Å². The number of carbonyl (C=O) groups is 1. The highest BCUT2D eigenvalue weighted by Gasteiger charge is 2.19. The van der Waals surface area contributed by atoms with E-state index in [0.717, 1.165) is 22.6 Å². The number of hydrogen-bond acceptors (Lipinski definition) is 2. The Morgan fingerprint density at radius 2 is 1.71 bits per heavy atom. The number of nitrogens with one attached hydrogen (secondary N) is 2. The molecular formula is C19H24Cl2N2O. The second-order valence-corrected chi connectivity index (χ2v) is 6.20. The van der Waals surface area contributed by atoms with Crippen LogP contribution in [0, 0.1) is 5.92 Å². The molecule has 3 nitrogen and oxygen atoms in total. The molecule has 130 valence electrons. The van der Waals surface area contributed by atoms with Crippen molar-refractivity contribution >= 4 is 29.9 Å². The van der Waals surface area contributed by atoms with Crippen molar-refractivity contribution in [3.63, 3.8) is 0 Å². The lowest BCUT2D eigenvalue weighted by Gasteiger charge is -2.22. The highest BCUT2D eigenvalue weighted by atomic mass is 35.5. The van der Waals surface area contributed by atoms with E-state index in [1.54, 1.807) is 0 Å². The van der Waals surface area contributed by atoms with Crippen molar-refractivity contribution < 1.29 is 4.79 Å². The van der Waals surface area contributed by atoms with Crippen LogP contribution in [0.25, 0.3) is 0 Å². The Hall–Kier alpha value is -1.55. The van der Waals surface area contributed by atoms with Crippen LogP contribution in [0.1, 0.15) is 24.1 Å². The van der Waals surface area contributed by atoms with Gasteiger partial charge in [-0.25, -0.2) is 0 Å². The SMILES string of the molecule is CNCC(C)C(=O)NC(Cc1ccc(Cl)cc1)c1ccccc1.Cl. The zero-order valence-corrected chi connectivity index (χ0v) is 15.5. The molecule has 0 bridgehead atoms. The molecule has 0 saturated heterocycles. The molecule has 0 aliphatic carbocycles. The van der Waals surface area contributed by atoms with E-state index in [0.29, 0.717) is 6.54 Å². The van der Waals surface area contributed by atoms with Crippen molar-refractivity contribution in [2.24, 2.45) is 5.92 Å². The third kappa shape index (κ3) is 6.16. The second kappa shape index (κ2) is 10.3. The van der Waals surface area contributed by atoms with Gasteiger partial charge >= 0.3 is 0 Å². The summed E-state index contributed by atoms with van der Waals surface area (Å²) in [5, 5.41) is 6.93. The first kappa shape index (κ1) is 20.5. The maximum Gasteiger partial charge on any atom is 0.224 e. The number of carbonyl (C=O) groups excluding carboxylic acids is 1. The largest absolute Gasteiger partial charge is 0.349 e. The Labute approximate surface area is 155 Å². The standard InChI is InChI=1S/C19H23ClN2O.ClH/c1-14(13-21-2)19(23)22-18(16-6-4-3-5-7-16)12-15-8-10-17(20)11-9-15;/h3-11,14,18,21H,12-13H2,1-2H3,(H,22,23);1H. The van der Waals surface area contributed by atoms with Crippen LogP contribution in [-0.4, -0.2) is 19.5 Å². The van der Waals surface area contributed by atoms with Crippen LogP contribution >= 0.6 is 24.0 Å². The van der Waals surface area contributed by atoms with E-state index < -0.39 is 0 Å². The quantitative estimate of drug-likeness (QED) is 0.776. The number of benzene rings is 2. The molecule has 0 spiro atoms. The van der Waals surface area contributed by atoms with Crippen LogP contribution in [-0.2, 0) is 11.2 Å². The van der Waals surface area contributed by atoms with Crippen LogP contribution < -0.4 is 10.6 Å². The van der Waals surface area contributed by atoms with E-state index in [2.05, 4.69) is 10.6 Å². The van der Waals surface area contributed by atoms with Crippen molar-refractivity contribution in [2.45, 2.75) is 19.4 Å². The average Bonchev–Trinajstić information content (AvgIpc) is 2.57. The third-order valence-electron chi connectivity index (χ3n) is 3.83. The number of rotatable bonds is 7. The zero-order valence-electron chi connectivity index (χ0n) is 14.0. The fourth-order valence-electron chi connectivity index (χ4n) is 2.51. The van der Waals surface area contributed by atoms with Gasteiger partial charge in [-0.1, -0.05) is 61.0 Å². The van der Waals surface area contributed by atoms with E-state index >= 15 is 0 Å². The molecule has 0 fully saturated rings. The Morgan fingerprint density at radius 3 is 2.29 bits per heavy atom. The Bertz CT molecular complexity index is 617. The zero-order chi connectivity index (χ0) is 16.7. The molecule has 2 atom stereocenters. The van der Waals surface area contributed by atoms with Gasteiger partial charge in [-0.3, -0.25) is 4.79 Å². The monoisotopic (exact) mass is 366 g/mol. The molecule has 0 aromatic heterocycles. The summed E-state index contributed by atoms with van der Waals surface area (Å²) in [6.45, 7) is 2.59. The topological polar surface area (TPSA) is 41.1 Å². The molecular weight excluding hydrogens is 343 g/mol. The molecule has 0 radical (unpaired) electrons. The van der Waals surface area contributed by atoms with E-state index in [1.807, 2.05) is 68.6 Å². The summed E-state index contributed by atoms with van der Waals surface area (Å²) < 4.78 is 0. The van der Waals surface area contributed by atoms with Gasteiger partial charge in [-0.05, 0) is 36.7 Å². The normalized spacial score (nSPS) is 12.8. The summed E-state index contributed by atoms with van der Waals surface area (Å²) in [5.74, 6) is -0.0152. The molecule has 2 unspecified atom stereocenters. The summed E-state index contributed by atoms with van der Waals surface area (Å²) >= 11 is 5.95. The predicted octanol–water partition coefficient (Wildman–Crippen LogP) is 4.02. The fourth-order valence-corrected chi connectivity index (χ4v) is 2.63. The summed E-state index contributed by atoms with van der Waals surface area (Å²) in [7, 11) is 1.85. The van der Waals surface area contributed by atoms with Crippen molar-refractivity contribution in [1.82, 2.24) is 10.6 Å². The van der Waals surface area contributed by atoms with Gasteiger partial charge in [0.1, 0.15) is 0 Å². The van der Waals surface area contributed by atoms with Gasteiger partial charge in [0.2, 0.25) is 5.91 Å². The highest BCUT2D eigenvalue weighted by Crippen LogP contribution is 2.20. The highest BCUT2D eigenvalue weighted by molar-refractivity contribution is 6.30. The molecule has 24 heavy (non-hydrogen) atoms. The molecule has 1 amide bonds. The smallest absolute Gasteiger partial charge is 0.224 e. The molecule has 0 saturated carbocycles. The summed E-state index contributed by atoms with van der Waals surface area (Å²) in [4.78, 5) is 12.4. The molecule has 5 heteroatoms. The minimum absolute atomic E-state index is 0. The fraction of sp³-hybridized carbons (Fsp3) is 0.316. The Balaban J connectivity index is 0.00000288. The maximum atomic E-state index is 12.4. The predicted molar refractivity (Wildman–Crippen MR) is 103 cm³/mol. The first-order valence-corrected chi connectivity index (χ1v) is 8.22. The van der Waals surface area contributed by atoms with Gasteiger partial charge in [0.05, 0.1) is 6.04 Å². The first-order chi connectivity index (χ1) is 11.1. The molecule has 0 heterocycles. The summed E-state index contributed by atoms with van der Waals surface area (Å²) in [6.07, 6.45) is 0.735. The van der Waals surface area contributed by atoms with Crippen molar-refractivity contribution in [3.8, 4) is 0 Å². The molecule has 0 aliphatic rings. The van der Waals surface area contributed by atoms with Crippen molar-refractivity contribution in [1.29, 1.82) is 0 Å². The van der Waals surface area contributed by atoms with E-state index in [-0.39, 0.29) is 30.3 Å². The lowest BCUT2D eigenvalue weighted by atomic mass is 9.98. The summed E-state index contributed by atoms with van der Waals surface area (Å²) in [5.41, 5.74) is 2.25. The lowest BCUT2D eigenvalue weighted by Crippen LogP contribution is -2.37. The van der Waals surface area contributed by atoms with Crippen molar-refractivity contribution in [3.05, 3.63) is 70.7 Å². The van der Waals surface area contributed by atoms with Gasteiger partial charge in [0.15, 0.2) is 0 Å². The Kier molecular flexibility index (Phi) is 8.83. The van der Waals surface area contributed by atoms with E-state index in [1.165, 1.54) is 0 Å². The van der Waals surface area contributed by atoms with E-state index in [4.69, 9.17) is 11.6 Å². The van der Waals surface area contributed by atoms with Gasteiger partial charge in [0, 0.05) is 17.5 Å². The van der Waals surface area contributed by atoms with Gasteiger partial charge in [0.25, 0.3) is 0 Å². The van der Waals surface area contributed by atoms with Crippen LogP contribution in [0.15, 0.2) is 54.6 Å². The van der Waals surface area contributed by atoms with Crippen LogP contribution in [0.2, 0.25) is 5.02 Å². The minimum atomic E-state index is -0.0727. The summed E-state index contributed by atoms with van der Waals surface area (Å²) in [6, 6.07) is 17.8. The number of hydrogen-bond donors (Lipinski definition) is 2. The average molecular weight is 367 g/mol. The number of halogens is 2. The first-order valence-electron chi connectivity index (χ1n) is 7.84. The molecule has 2 aromatic carbocycles. The minimum Gasteiger partial charge on any atom is -0.349 e. The van der Waals surface area contributed by atoms with Gasteiger partial charge < -0.3 is 10.6 Å². The molecule has 2 N–H and O–H groups in total. The van der Waals surface area contributed by atoms with Crippen LogP contribution in [0.4, 0.5) is 0 Å². The second-order valence-electron chi connectivity index (χ2n) is 5.76. The van der Waals surface area contributed by atoms with E-state index in [9.17, 15) is 4.79 Å². The number of amides is 1. The van der Waals surface area contributed by atoms with Gasteiger partial charge in [-0.2, -0.15) is 0 Å².